The third-order valence-electron chi connectivity index (χ3n) is 5.09. The molecule has 1 aromatic heterocycles. The number of hydrogen-bond acceptors (Lipinski definition) is 5. The summed E-state index contributed by atoms with van der Waals surface area (Å²) in [5, 5.41) is 10.7. The average molecular weight is 353 g/mol. The third kappa shape index (κ3) is 2.94. The van der Waals surface area contributed by atoms with Crippen LogP contribution in [0.5, 0.6) is 0 Å². The van der Waals surface area contributed by atoms with Crippen LogP contribution in [0.3, 0.4) is 0 Å². The maximum atomic E-state index is 12.6. The maximum Gasteiger partial charge on any atom is 0.272 e. The van der Waals surface area contributed by atoms with Crippen LogP contribution in [0.15, 0.2) is 18.2 Å². The molecule has 2 aliphatic heterocycles. The topological polar surface area (TPSA) is 90.8 Å². The van der Waals surface area contributed by atoms with Crippen molar-refractivity contribution in [2.75, 3.05) is 25.9 Å². The van der Waals surface area contributed by atoms with Crippen molar-refractivity contribution >= 4 is 15.9 Å². The molecule has 0 unspecified atom stereocenters. The van der Waals surface area contributed by atoms with E-state index in [0.717, 1.165) is 12.1 Å². The Bertz CT molecular complexity index is 751. The van der Waals surface area contributed by atoms with E-state index in [1.807, 2.05) is 13.0 Å². The Morgan fingerprint density at radius 1 is 1.33 bits per heavy atom. The molecule has 1 N–H and O–H groups in total. The van der Waals surface area contributed by atoms with Crippen molar-refractivity contribution in [3.8, 4) is 0 Å². The van der Waals surface area contributed by atoms with E-state index in [0.29, 0.717) is 31.6 Å². The van der Waals surface area contributed by atoms with Gasteiger partial charge >= 0.3 is 0 Å². The van der Waals surface area contributed by atoms with E-state index in [4.69, 9.17) is 0 Å². The van der Waals surface area contributed by atoms with E-state index < -0.39 is 21.7 Å². The number of piperidine rings is 1. The van der Waals surface area contributed by atoms with E-state index in [2.05, 4.69) is 4.98 Å². The third-order valence-corrected chi connectivity index (χ3v) is 6.44. The van der Waals surface area contributed by atoms with Crippen LogP contribution in [-0.2, 0) is 10.0 Å². The molecule has 0 radical (unpaired) electrons. The van der Waals surface area contributed by atoms with E-state index in [1.54, 1.807) is 17.0 Å². The van der Waals surface area contributed by atoms with Crippen LogP contribution in [0, 0.1) is 6.92 Å². The predicted octanol–water partition coefficient (Wildman–Crippen LogP) is 0.391. The molecule has 8 heteroatoms. The normalized spacial score (nSPS) is 28.5. The van der Waals surface area contributed by atoms with Gasteiger partial charge in [0, 0.05) is 25.3 Å². The summed E-state index contributed by atoms with van der Waals surface area (Å²) in [7, 11) is -3.38. The standard InChI is InChI=1S/C16H23N3O4S/c1-12-5-3-6-13(17-12)15(21)18-10-8-16(14(20)11-18)7-4-9-19(16)24(2,22)23/h3,5-6,14,20H,4,7-11H2,1-2H3/t14-,16-/m0/s1. The number of hydrogen-bond donors (Lipinski definition) is 1. The van der Waals surface area contributed by atoms with Crippen LogP contribution in [0.4, 0.5) is 0 Å². The molecule has 1 amide bonds. The van der Waals surface area contributed by atoms with Gasteiger partial charge in [0.15, 0.2) is 0 Å². The smallest absolute Gasteiger partial charge is 0.272 e. The van der Waals surface area contributed by atoms with Crippen LogP contribution in [0.25, 0.3) is 0 Å². The van der Waals surface area contributed by atoms with Gasteiger partial charge < -0.3 is 10.0 Å². The van der Waals surface area contributed by atoms with Crippen molar-refractivity contribution in [3.05, 3.63) is 29.6 Å². The lowest BCUT2D eigenvalue weighted by Crippen LogP contribution is -2.63. The summed E-state index contributed by atoms with van der Waals surface area (Å²) in [5.74, 6) is -0.225. The van der Waals surface area contributed by atoms with E-state index in [9.17, 15) is 18.3 Å². The van der Waals surface area contributed by atoms with Crippen molar-refractivity contribution in [2.45, 2.75) is 37.8 Å². The molecule has 1 spiro atoms. The fraction of sp³-hybridized carbons (Fsp3) is 0.625. The van der Waals surface area contributed by atoms with Crippen LogP contribution in [-0.4, -0.2) is 71.2 Å². The van der Waals surface area contributed by atoms with Crippen molar-refractivity contribution in [3.63, 3.8) is 0 Å². The molecule has 2 fully saturated rings. The molecule has 0 aliphatic carbocycles. The van der Waals surface area contributed by atoms with Crippen LogP contribution < -0.4 is 0 Å². The minimum absolute atomic E-state index is 0.125. The lowest BCUT2D eigenvalue weighted by Gasteiger charge is -2.47. The highest BCUT2D eigenvalue weighted by molar-refractivity contribution is 7.88. The lowest BCUT2D eigenvalue weighted by atomic mass is 9.83. The van der Waals surface area contributed by atoms with E-state index in [1.165, 1.54) is 10.6 Å². The summed E-state index contributed by atoms with van der Waals surface area (Å²) in [6.45, 7) is 2.79. The maximum absolute atomic E-state index is 12.6. The van der Waals surface area contributed by atoms with Gasteiger partial charge in [0.1, 0.15) is 5.69 Å². The first-order chi connectivity index (χ1) is 11.2. The summed E-state index contributed by atoms with van der Waals surface area (Å²) < 4.78 is 25.5. The van der Waals surface area contributed by atoms with Crippen LogP contribution in [0.1, 0.15) is 35.4 Å². The Labute approximate surface area is 142 Å². The minimum atomic E-state index is -3.38. The lowest BCUT2D eigenvalue weighted by molar-refractivity contribution is -0.0293. The summed E-state index contributed by atoms with van der Waals surface area (Å²) >= 11 is 0. The molecule has 3 heterocycles. The van der Waals surface area contributed by atoms with E-state index in [-0.39, 0.29) is 12.5 Å². The zero-order valence-corrected chi connectivity index (χ0v) is 14.8. The van der Waals surface area contributed by atoms with E-state index >= 15 is 0 Å². The number of amides is 1. The quantitative estimate of drug-likeness (QED) is 0.831. The number of carbonyl (C=O) groups is 1. The number of rotatable bonds is 2. The molecule has 0 saturated carbocycles. The molecule has 3 rings (SSSR count). The Balaban J connectivity index is 1.79. The molecular weight excluding hydrogens is 330 g/mol. The molecule has 0 bridgehead atoms. The van der Waals surface area contributed by atoms with Gasteiger partial charge in [0.25, 0.3) is 5.91 Å². The fourth-order valence-electron chi connectivity index (χ4n) is 3.93. The van der Waals surface area contributed by atoms with Crippen molar-refractivity contribution in [2.24, 2.45) is 0 Å². The molecule has 24 heavy (non-hydrogen) atoms. The van der Waals surface area contributed by atoms with Crippen LogP contribution in [0.2, 0.25) is 0 Å². The minimum Gasteiger partial charge on any atom is -0.389 e. The highest BCUT2D eigenvalue weighted by atomic mass is 32.2. The molecule has 2 atom stereocenters. The summed E-state index contributed by atoms with van der Waals surface area (Å²) in [5.41, 5.74) is 0.336. The predicted molar refractivity (Wildman–Crippen MR) is 89.0 cm³/mol. The van der Waals surface area contributed by atoms with Gasteiger partial charge in [-0.05, 0) is 38.3 Å². The number of aliphatic hydroxyl groups excluding tert-OH is 1. The summed E-state index contributed by atoms with van der Waals surface area (Å²) in [6, 6.07) is 5.25. The van der Waals surface area contributed by atoms with Gasteiger partial charge in [0.05, 0.1) is 17.9 Å². The highest BCUT2D eigenvalue weighted by Gasteiger charge is 2.53. The molecular formula is C16H23N3O4S. The number of aromatic nitrogens is 1. The van der Waals surface area contributed by atoms with Crippen molar-refractivity contribution in [1.29, 1.82) is 0 Å². The average Bonchev–Trinajstić information content (AvgIpc) is 2.94. The zero-order chi connectivity index (χ0) is 17.5. The monoisotopic (exact) mass is 353 g/mol. The molecule has 132 valence electrons. The molecule has 1 aromatic rings. The Morgan fingerprint density at radius 2 is 2.08 bits per heavy atom. The molecule has 2 aliphatic rings. The Kier molecular flexibility index (Phi) is 4.39. The van der Waals surface area contributed by atoms with Gasteiger partial charge in [-0.2, -0.15) is 4.31 Å². The molecule has 7 nitrogen and oxygen atoms in total. The number of likely N-dealkylation sites (tertiary alicyclic amines) is 1. The first-order valence-electron chi connectivity index (χ1n) is 8.13. The van der Waals surface area contributed by atoms with Gasteiger partial charge in [0.2, 0.25) is 10.0 Å². The number of aryl methyl sites for hydroxylation is 1. The number of aliphatic hydroxyl groups is 1. The summed E-state index contributed by atoms with van der Waals surface area (Å²) in [6.07, 6.45) is 2.10. The molecule has 0 aromatic carbocycles. The van der Waals surface area contributed by atoms with Crippen molar-refractivity contribution in [1.82, 2.24) is 14.2 Å². The first kappa shape index (κ1) is 17.3. The second kappa shape index (κ2) is 6.09. The zero-order valence-electron chi connectivity index (χ0n) is 14.0. The van der Waals surface area contributed by atoms with Gasteiger partial charge in [-0.1, -0.05) is 6.07 Å². The number of sulfonamides is 1. The largest absolute Gasteiger partial charge is 0.389 e. The first-order valence-corrected chi connectivity index (χ1v) is 9.98. The fourth-order valence-corrected chi connectivity index (χ4v) is 5.35. The number of nitrogens with zero attached hydrogens (tertiary/aromatic N) is 3. The van der Waals surface area contributed by atoms with Crippen LogP contribution >= 0.6 is 0 Å². The molecule has 2 saturated heterocycles. The highest BCUT2D eigenvalue weighted by Crippen LogP contribution is 2.40. The van der Waals surface area contributed by atoms with Gasteiger partial charge in [-0.25, -0.2) is 13.4 Å². The second-order valence-electron chi connectivity index (χ2n) is 6.72. The van der Waals surface area contributed by atoms with Gasteiger partial charge in [-0.3, -0.25) is 4.79 Å². The number of pyridine rings is 1. The number of β-amino-alcohol motifs (C(OH)–C–C–N with tert-alkyl or cyclic N) is 1. The number of carbonyl (C=O) groups excluding carboxylic acids is 1. The van der Waals surface area contributed by atoms with Crippen molar-refractivity contribution < 1.29 is 18.3 Å². The summed E-state index contributed by atoms with van der Waals surface area (Å²) in [4.78, 5) is 18.4. The Hall–Kier alpha value is -1.51. The SMILES string of the molecule is Cc1cccc(C(=O)N2CC[C@@]3(CCCN3S(C)(=O)=O)[C@@H](O)C2)n1. The van der Waals surface area contributed by atoms with Gasteiger partial charge in [-0.15, -0.1) is 0 Å². The second-order valence-corrected chi connectivity index (χ2v) is 8.63. The Morgan fingerprint density at radius 3 is 2.71 bits per heavy atom.